The molecule has 0 rings (SSSR count). The number of hydrogen-bond donors (Lipinski definition) is 1. The van der Waals surface area contributed by atoms with Crippen LogP contribution in [0.25, 0.3) is 0 Å². The van der Waals surface area contributed by atoms with Crippen LogP contribution >= 0.6 is 0 Å². The number of ether oxygens (including phenoxy) is 1. The van der Waals surface area contributed by atoms with Gasteiger partial charge in [-0.05, 0) is 12.8 Å². The van der Waals surface area contributed by atoms with Gasteiger partial charge in [0.1, 0.15) is 0 Å². The zero-order valence-electron chi connectivity index (χ0n) is 19.3. The fourth-order valence-corrected chi connectivity index (χ4v) is 3.80. The summed E-state index contributed by atoms with van der Waals surface area (Å²) in [5.74, 6) is -0.304. The van der Waals surface area contributed by atoms with Gasteiger partial charge in [-0.25, -0.2) is 4.79 Å². The van der Waals surface area contributed by atoms with Gasteiger partial charge in [0.15, 0.2) is 0 Å². The predicted molar refractivity (Wildman–Crippen MR) is 125 cm³/mol. The van der Waals surface area contributed by atoms with E-state index in [0.29, 0.717) is 13.2 Å². The molecule has 0 unspecified atom stereocenters. The Bertz CT molecular complexity index is 341. The van der Waals surface area contributed by atoms with Crippen molar-refractivity contribution in [2.45, 2.75) is 135 Å². The minimum absolute atomic E-state index is 0.304. The van der Waals surface area contributed by atoms with Crippen molar-refractivity contribution in [1.29, 1.82) is 0 Å². The summed E-state index contributed by atoms with van der Waals surface area (Å²) in [5.41, 5.74) is 0. The van der Waals surface area contributed by atoms with Crippen LogP contribution in [0.3, 0.4) is 0 Å². The number of hydrogen-bond acceptors (Lipinski definition) is 3. The summed E-state index contributed by atoms with van der Waals surface area (Å²) in [6, 6.07) is 0. The van der Waals surface area contributed by atoms with Crippen LogP contribution in [0.15, 0.2) is 12.7 Å². The Morgan fingerprint density at radius 2 is 0.828 bits per heavy atom. The smallest absolute Gasteiger partial charge is 0.330 e. The normalized spacial score (nSPS) is 10.9. The van der Waals surface area contributed by atoms with Crippen LogP contribution in [-0.4, -0.2) is 24.3 Å². The maximum atomic E-state index is 10.9. The van der Waals surface area contributed by atoms with Crippen molar-refractivity contribution >= 4 is 5.97 Å². The average Bonchev–Trinajstić information content (AvgIpc) is 2.74. The summed E-state index contributed by atoms with van der Waals surface area (Å²) in [6.45, 7) is 4.29. The molecule has 3 nitrogen and oxygen atoms in total. The van der Waals surface area contributed by atoms with Crippen molar-refractivity contribution in [3.05, 3.63) is 12.7 Å². The van der Waals surface area contributed by atoms with Gasteiger partial charge in [0.2, 0.25) is 0 Å². The van der Waals surface area contributed by atoms with Crippen molar-refractivity contribution in [1.82, 2.24) is 0 Å². The van der Waals surface area contributed by atoms with E-state index in [4.69, 9.17) is 9.84 Å². The van der Waals surface area contributed by atoms with Gasteiger partial charge in [-0.15, -0.1) is 0 Å². The summed E-state index contributed by atoms with van der Waals surface area (Å²) in [7, 11) is 0. The highest BCUT2D eigenvalue weighted by molar-refractivity contribution is 5.81. The molecule has 0 spiro atoms. The van der Waals surface area contributed by atoms with Crippen molar-refractivity contribution in [2.24, 2.45) is 0 Å². The second-order valence-electron chi connectivity index (χ2n) is 8.52. The van der Waals surface area contributed by atoms with E-state index < -0.39 is 0 Å². The highest BCUT2D eigenvalue weighted by Gasteiger charge is 1.97. The summed E-state index contributed by atoms with van der Waals surface area (Å²) < 4.78 is 4.97. The molecule has 29 heavy (non-hydrogen) atoms. The first kappa shape index (κ1) is 28.2. The molecule has 0 aromatic carbocycles. The standard InChI is InChI=1S/C26H50O3/c1-2-26(28)29-25-23-21-19-17-15-13-11-9-7-5-3-4-6-8-10-12-14-16-18-20-22-24-27/h2,27H,1,3-25H2. The minimum atomic E-state index is -0.304. The molecule has 0 saturated carbocycles. The Labute approximate surface area is 181 Å². The first-order valence-corrected chi connectivity index (χ1v) is 12.7. The highest BCUT2D eigenvalue weighted by Crippen LogP contribution is 2.15. The summed E-state index contributed by atoms with van der Waals surface area (Å²) in [4.78, 5) is 10.9. The van der Waals surface area contributed by atoms with Gasteiger partial charge < -0.3 is 9.84 Å². The van der Waals surface area contributed by atoms with Crippen molar-refractivity contribution in [3.63, 3.8) is 0 Å². The molecule has 1 N–H and O–H groups in total. The zero-order chi connectivity index (χ0) is 21.3. The third-order valence-corrected chi connectivity index (χ3v) is 5.71. The molecule has 0 aromatic rings. The Kier molecular flexibility index (Phi) is 24.5. The summed E-state index contributed by atoms with van der Waals surface area (Å²) >= 11 is 0. The Hall–Kier alpha value is -0.830. The lowest BCUT2D eigenvalue weighted by atomic mass is 10.0. The molecule has 0 aliphatic carbocycles. The molecule has 0 saturated heterocycles. The summed E-state index contributed by atoms with van der Waals surface area (Å²) in [5, 5.41) is 8.74. The fraction of sp³-hybridized carbons (Fsp3) is 0.885. The monoisotopic (exact) mass is 410 g/mol. The second-order valence-corrected chi connectivity index (χ2v) is 8.52. The minimum Gasteiger partial charge on any atom is -0.463 e. The lowest BCUT2D eigenvalue weighted by molar-refractivity contribution is -0.137. The topological polar surface area (TPSA) is 46.5 Å². The number of carbonyl (C=O) groups excluding carboxylic acids is 1. The lowest BCUT2D eigenvalue weighted by Gasteiger charge is -2.04. The van der Waals surface area contributed by atoms with E-state index in [1.165, 1.54) is 122 Å². The van der Waals surface area contributed by atoms with E-state index in [1.807, 2.05) is 0 Å². The van der Waals surface area contributed by atoms with E-state index in [0.717, 1.165) is 19.3 Å². The van der Waals surface area contributed by atoms with E-state index in [9.17, 15) is 4.79 Å². The third kappa shape index (κ3) is 25.1. The Morgan fingerprint density at radius 1 is 0.552 bits per heavy atom. The second kappa shape index (κ2) is 25.2. The first-order chi connectivity index (χ1) is 14.3. The zero-order valence-corrected chi connectivity index (χ0v) is 19.3. The SMILES string of the molecule is C=CC(=O)OCCCCCCCCCCCCCCCCCCCCCCCO. The van der Waals surface area contributed by atoms with E-state index in [2.05, 4.69) is 6.58 Å². The van der Waals surface area contributed by atoms with Gasteiger partial charge >= 0.3 is 5.97 Å². The van der Waals surface area contributed by atoms with E-state index >= 15 is 0 Å². The molecule has 0 atom stereocenters. The van der Waals surface area contributed by atoms with Crippen LogP contribution in [0.5, 0.6) is 0 Å². The third-order valence-electron chi connectivity index (χ3n) is 5.71. The number of aliphatic hydroxyl groups is 1. The number of aliphatic hydroxyl groups excluding tert-OH is 1. The molecule has 0 amide bonds. The van der Waals surface area contributed by atoms with Crippen LogP contribution in [0.4, 0.5) is 0 Å². The van der Waals surface area contributed by atoms with E-state index in [-0.39, 0.29) is 5.97 Å². The van der Waals surface area contributed by atoms with Crippen molar-refractivity contribution in [3.8, 4) is 0 Å². The maximum absolute atomic E-state index is 10.9. The van der Waals surface area contributed by atoms with Crippen LogP contribution in [0.2, 0.25) is 0 Å². The van der Waals surface area contributed by atoms with Crippen LogP contribution in [0, 0.1) is 0 Å². The van der Waals surface area contributed by atoms with Crippen LogP contribution in [-0.2, 0) is 9.53 Å². The van der Waals surface area contributed by atoms with Crippen LogP contribution < -0.4 is 0 Å². The number of esters is 1. The molecular weight excluding hydrogens is 360 g/mol. The molecule has 3 heteroatoms. The number of carbonyl (C=O) groups is 1. The molecule has 0 aliphatic heterocycles. The number of unbranched alkanes of at least 4 members (excludes halogenated alkanes) is 20. The van der Waals surface area contributed by atoms with Crippen LogP contribution in [0.1, 0.15) is 135 Å². The first-order valence-electron chi connectivity index (χ1n) is 12.7. The molecule has 0 aromatic heterocycles. The van der Waals surface area contributed by atoms with Gasteiger partial charge in [0.05, 0.1) is 6.61 Å². The molecule has 0 fully saturated rings. The molecular formula is C26H50O3. The predicted octanol–water partition coefficient (Wildman–Crippen LogP) is 7.90. The Balaban J connectivity index is 3.01. The van der Waals surface area contributed by atoms with Crippen molar-refractivity contribution in [2.75, 3.05) is 13.2 Å². The van der Waals surface area contributed by atoms with Gasteiger partial charge in [0.25, 0.3) is 0 Å². The Morgan fingerprint density at radius 3 is 1.10 bits per heavy atom. The maximum Gasteiger partial charge on any atom is 0.330 e. The lowest BCUT2D eigenvalue weighted by Crippen LogP contribution is -2.01. The molecule has 0 bridgehead atoms. The van der Waals surface area contributed by atoms with Gasteiger partial charge in [-0.3, -0.25) is 0 Å². The van der Waals surface area contributed by atoms with Gasteiger partial charge in [-0.1, -0.05) is 129 Å². The van der Waals surface area contributed by atoms with Gasteiger partial charge in [0, 0.05) is 12.7 Å². The van der Waals surface area contributed by atoms with E-state index in [1.54, 1.807) is 0 Å². The summed E-state index contributed by atoms with van der Waals surface area (Å²) in [6.07, 6.45) is 29.1. The fourth-order valence-electron chi connectivity index (χ4n) is 3.80. The van der Waals surface area contributed by atoms with Crippen molar-refractivity contribution < 1.29 is 14.6 Å². The molecule has 0 aliphatic rings. The highest BCUT2D eigenvalue weighted by atomic mass is 16.5. The molecule has 172 valence electrons. The van der Waals surface area contributed by atoms with Gasteiger partial charge in [-0.2, -0.15) is 0 Å². The molecule has 0 heterocycles. The molecule has 0 radical (unpaired) electrons. The quantitative estimate of drug-likeness (QED) is 0.0999. The largest absolute Gasteiger partial charge is 0.463 e. The number of rotatable bonds is 24. The average molecular weight is 411 g/mol.